The second-order valence-electron chi connectivity index (χ2n) is 6.71. The molecule has 1 aliphatic carbocycles. The molecule has 2 saturated heterocycles. The topological polar surface area (TPSA) is 65.1 Å². The molecular weight excluding hydrogens is 284 g/mol. The molecule has 5 nitrogen and oxygen atoms in total. The normalized spacial score (nSPS) is 43.3. The molecule has 2 fully saturated rings. The van der Waals surface area contributed by atoms with Crippen LogP contribution in [0.5, 0.6) is 0 Å². The molecule has 3 rings (SSSR count). The molecular formula is C17H22O5. The first-order valence-corrected chi connectivity index (χ1v) is 7.72. The van der Waals surface area contributed by atoms with Crippen molar-refractivity contribution in [1.82, 2.24) is 0 Å². The van der Waals surface area contributed by atoms with E-state index < -0.39 is 18.2 Å². The highest BCUT2D eigenvalue weighted by atomic mass is 16.6. The molecule has 3 aliphatic rings. The number of carbonyl (C=O) groups is 2. The van der Waals surface area contributed by atoms with Gasteiger partial charge >= 0.3 is 11.9 Å². The minimum absolute atomic E-state index is 0.148. The molecule has 5 heteroatoms. The fourth-order valence-electron chi connectivity index (χ4n) is 3.63. The van der Waals surface area contributed by atoms with E-state index in [4.69, 9.17) is 14.2 Å². The maximum absolute atomic E-state index is 12.0. The third-order valence-electron chi connectivity index (χ3n) is 4.88. The Morgan fingerprint density at radius 3 is 2.91 bits per heavy atom. The summed E-state index contributed by atoms with van der Waals surface area (Å²) >= 11 is 0. The number of hydrogen-bond donors (Lipinski definition) is 0. The van der Waals surface area contributed by atoms with Crippen molar-refractivity contribution in [1.29, 1.82) is 0 Å². The van der Waals surface area contributed by atoms with Gasteiger partial charge in [0.25, 0.3) is 0 Å². The lowest BCUT2D eigenvalue weighted by molar-refractivity contribution is -0.150. The highest BCUT2D eigenvalue weighted by Crippen LogP contribution is 2.50. The molecule has 2 heterocycles. The third kappa shape index (κ3) is 2.58. The standard InChI is InChI=1S/C17H22O5/c1-9-6-5-7-17(4)15(22-17)14-13(10(2)16(19)21-14)12(8-9)20-11(3)18/h6,12-15H,2,5,7-8H2,1,3-4H3/b9-6+/t12-,13-,14-,15-,17+/m0/s1. The van der Waals surface area contributed by atoms with Crippen molar-refractivity contribution < 1.29 is 23.8 Å². The summed E-state index contributed by atoms with van der Waals surface area (Å²) in [5, 5.41) is 0. The largest absolute Gasteiger partial charge is 0.461 e. The summed E-state index contributed by atoms with van der Waals surface area (Å²) in [5.74, 6) is -1.12. The summed E-state index contributed by atoms with van der Waals surface area (Å²) in [7, 11) is 0. The van der Waals surface area contributed by atoms with Gasteiger partial charge in [0, 0.05) is 18.9 Å². The first kappa shape index (κ1) is 15.3. The number of fused-ring (bicyclic) bond motifs is 3. The lowest BCUT2D eigenvalue weighted by atomic mass is 9.82. The van der Waals surface area contributed by atoms with Crippen LogP contribution in [0.25, 0.3) is 0 Å². The molecule has 5 atom stereocenters. The van der Waals surface area contributed by atoms with Crippen molar-refractivity contribution in [3.05, 3.63) is 23.8 Å². The zero-order chi connectivity index (χ0) is 16.1. The lowest BCUT2D eigenvalue weighted by Crippen LogP contribution is -2.38. The van der Waals surface area contributed by atoms with Crippen molar-refractivity contribution >= 4 is 11.9 Å². The molecule has 0 aromatic heterocycles. The highest BCUT2D eigenvalue weighted by molar-refractivity contribution is 5.91. The summed E-state index contributed by atoms with van der Waals surface area (Å²) in [6.07, 6.45) is 3.52. The first-order chi connectivity index (χ1) is 10.3. The van der Waals surface area contributed by atoms with Gasteiger partial charge < -0.3 is 14.2 Å². The Balaban J connectivity index is 1.96. The van der Waals surface area contributed by atoms with Crippen molar-refractivity contribution in [3.8, 4) is 0 Å². The smallest absolute Gasteiger partial charge is 0.334 e. The van der Waals surface area contributed by atoms with Crippen molar-refractivity contribution in [2.24, 2.45) is 5.92 Å². The van der Waals surface area contributed by atoms with Crippen LogP contribution in [-0.2, 0) is 23.8 Å². The summed E-state index contributed by atoms with van der Waals surface area (Å²) in [4.78, 5) is 23.5. The predicted molar refractivity (Wildman–Crippen MR) is 79.0 cm³/mol. The van der Waals surface area contributed by atoms with Crippen molar-refractivity contribution in [3.63, 3.8) is 0 Å². The van der Waals surface area contributed by atoms with Crippen LogP contribution in [0.4, 0.5) is 0 Å². The summed E-state index contributed by atoms with van der Waals surface area (Å²) < 4.78 is 16.8. The number of allylic oxidation sites excluding steroid dienone is 1. The van der Waals surface area contributed by atoms with E-state index in [1.54, 1.807) is 0 Å². The van der Waals surface area contributed by atoms with Crippen LogP contribution in [-0.4, -0.2) is 35.9 Å². The van der Waals surface area contributed by atoms with Gasteiger partial charge in [-0.15, -0.1) is 0 Å². The van der Waals surface area contributed by atoms with Crippen LogP contribution in [0.15, 0.2) is 23.8 Å². The Hall–Kier alpha value is -1.62. The van der Waals surface area contributed by atoms with E-state index in [2.05, 4.69) is 12.7 Å². The Morgan fingerprint density at radius 2 is 2.23 bits per heavy atom. The molecule has 0 N–H and O–H groups in total. The average Bonchev–Trinajstić information content (AvgIpc) is 2.98. The van der Waals surface area contributed by atoms with E-state index in [-0.39, 0.29) is 23.6 Å². The Labute approximate surface area is 130 Å². The number of esters is 2. The Morgan fingerprint density at radius 1 is 1.50 bits per heavy atom. The molecule has 22 heavy (non-hydrogen) atoms. The molecule has 120 valence electrons. The fraction of sp³-hybridized carbons (Fsp3) is 0.647. The first-order valence-electron chi connectivity index (χ1n) is 7.72. The molecule has 2 aliphatic heterocycles. The van der Waals surface area contributed by atoms with E-state index in [0.717, 1.165) is 18.4 Å². The van der Waals surface area contributed by atoms with Gasteiger partial charge in [0.05, 0.1) is 11.5 Å². The molecule has 0 saturated carbocycles. The monoisotopic (exact) mass is 306 g/mol. The van der Waals surface area contributed by atoms with E-state index >= 15 is 0 Å². The average molecular weight is 306 g/mol. The maximum atomic E-state index is 12.0. The Bertz CT molecular complexity index is 563. The molecule has 0 aromatic rings. The highest BCUT2D eigenvalue weighted by Gasteiger charge is 2.63. The van der Waals surface area contributed by atoms with Gasteiger partial charge in [0.15, 0.2) is 0 Å². The van der Waals surface area contributed by atoms with E-state index in [0.29, 0.717) is 12.0 Å². The number of hydrogen-bond acceptors (Lipinski definition) is 5. The van der Waals surface area contributed by atoms with Gasteiger partial charge in [-0.2, -0.15) is 0 Å². The maximum Gasteiger partial charge on any atom is 0.334 e. The number of rotatable bonds is 1. The number of epoxide rings is 1. The van der Waals surface area contributed by atoms with Gasteiger partial charge in [0.2, 0.25) is 0 Å². The molecule has 0 aromatic carbocycles. The number of carbonyl (C=O) groups excluding carboxylic acids is 2. The zero-order valence-corrected chi connectivity index (χ0v) is 13.3. The zero-order valence-electron chi connectivity index (χ0n) is 13.3. The summed E-state index contributed by atoms with van der Waals surface area (Å²) in [6, 6.07) is 0. The van der Waals surface area contributed by atoms with E-state index in [1.807, 2.05) is 13.8 Å². The van der Waals surface area contributed by atoms with Crippen LogP contribution in [0.1, 0.15) is 40.0 Å². The van der Waals surface area contributed by atoms with Gasteiger partial charge in [-0.3, -0.25) is 4.79 Å². The third-order valence-corrected chi connectivity index (χ3v) is 4.88. The van der Waals surface area contributed by atoms with Crippen molar-refractivity contribution in [2.75, 3.05) is 0 Å². The van der Waals surface area contributed by atoms with Gasteiger partial charge in [-0.25, -0.2) is 4.79 Å². The fourth-order valence-corrected chi connectivity index (χ4v) is 3.63. The quantitative estimate of drug-likeness (QED) is 0.322. The lowest BCUT2D eigenvalue weighted by Gasteiger charge is -2.27. The molecule has 0 unspecified atom stereocenters. The van der Waals surface area contributed by atoms with Gasteiger partial charge in [-0.05, 0) is 26.7 Å². The minimum Gasteiger partial charge on any atom is -0.461 e. The van der Waals surface area contributed by atoms with E-state index in [1.165, 1.54) is 6.92 Å². The molecule has 0 spiro atoms. The predicted octanol–water partition coefficient (Wildman–Crippen LogP) is 2.30. The van der Waals surface area contributed by atoms with Crippen molar-refractivity contribution in [2.45, 2.75) is 63.9 Å². The van der Waals surface area contributed by atoms with Crippen LogP contribution < -0.4 is 0 Å². The molecule has 0 bridgehead atoms. The van der Waals surface area contributed by atoms with Crippen LogP contribution >= 0.6 is 0 Å². The molecule has 0 amide bonds. The van der Waals surface area contributed by atoms with Crippen LogP contribution in [0, 0.1) is 5.92 Å². The van der Waals surface area contributed by atoms with Crippen LogP contribution in [0.2, 0.25) is 0 Å². The van der Waals surface area contributed by atoms with Gasteiger partial charge in [-0.1, -0.05) is 18.2 Å². The molecule has 0 radical (unpaired) electrons. The summed E-state index contributed by atoms with van der Waals surface area (Å²) in [6.45, 7) is 9.30. The van der Waals surface area contributed by atoms with Gasteiger partial charge in [0.1, 0.15) is 18.3 Å². The second kappa shape index (κ2) is 5.23. The number of ether oxygens (including phenoxy) is 3. The SMILES string of the molecule is C=C1C(=O)O[C@H]2[C@@H]1[C@@H](OC(C)=O)C/C(C)=C/CC[C@@]1(C)O[C@@H]21. The second-order valence-corrected chi connectivity index (χ2v) is 6.71. The Kier molecular flexibility index (Phi) is 3.63. The van der Waals surface area contributed by atoms with E-state index in [9.17, 15) is 9.59 Å². The minimum atomic E-state index is -0.441. The summed E-state index contributed by atoms with van der Waals surface area (Å²) in [5.41, 5.74) is 1.24. The van der Waals surface area contributed by atoms with Crippen LogP contribution in [0.3, 0.4) is 0 Å².